The number of amides is 2. The maximum absolute atomic E-state index is 12.3. The third-order valence-corrected chi connectivity index (χ3v) is 5.15. The van der Waals surface area contributed by atoms with Crippen LogP contribution in [0.2, 0.25) is 5.02 Å². The fourth-order valence-electron chi connectivity index (χ4n) is 2.62. The number of nitrogens with zero attached hydrogens (tertiary/aromatic N) is 1. The number of benzene rings is 1. The van der Waals surface area contributed by atoms with E-state index in [1.54, 1.807) is 18.0 Å². The van der Waals surface area contributed by atoms with Gasteiger partial charge in [-0.3, -0.25) is 4.98 Å². The Hall–Kier alpha value is -1.72. The Morgan fingerprint density at radius 1 is 1.39 bits per heavy atom. The lowest BCUT2D eigenvalue weighted by atomic mass is 10.0. The minimum absolute atomic E-state index is 0.0131. The quantitative estimate of drug-likeness (QED) is 0.868. The number of urea groups is 1. The lowest BCUT2D eigenvalue weighted by Crippen LogP contribution is -2.40. The summed E-state index contributed by atoms with van der Waals surface area (Å²) in [7, 11) is 0. The van der Waals surface area contributed by atoms with Gasteiger partial charge in [0.15, 0.2) is 0 Å². The maximum Gasteiger partial charge on any atom is 0.315 e. The number of carbonyl (C=O) groups is 1. The van der Waals surface area contributed by atoms with Crippen LogP contribution in [-0.4, -0.2) is 16.8 Å². The second-order valence-electron chi connectivity index (χ2n) is 5.47. The number of pyridine rings is 1. The highest BCUT2D eigenvalue weighted by Gasteiger charge is 2.23. The standard InChI is InChI=1S/C17H18ClN3OS/c1-11(14-4-2-3-8-19-14)20-17(22)21-15-7-9-23-16-6-5-12(18)10-13(15)16/h2-6,8,10-11,15H,7,9H2,1H3,(H2,20,21,22)/t11-,15+/m1/s1. The normalized spacial score (nSPS) is 17.9. The SMILES string of the molecule is C[C@@H](NC(=O)N[C@H]1CCSc2ccc(Cl)cc21)c1ccccn1. The lowest BCUT2D eigenvalue weighted by molar-refractivity contribution is 0.233. The molecule has 3 rings (SSSR count). The van der Waals surface area contributed by atoms with E-state index >= 15 is 0 Å². The first-order valence-electron chi connectivity index (χ1n) is 7.53. The highest BCUT2D eigenvalue weighted by atomic mass is 35.5. The van der Waals surface area contributed by atoms with Gasteiger partial charge in [-0.1, -0.05) is 17.7 Å². The van der Waals surface area contributed by atoms with Gasteiger partial charge < -0.3 is 10.6 Å². The zero-order chi connectivity index (χ0) is 16.2. The van der Waals surface area contributed by atoms with E-state index in [2.05, 4.69) is 15.6 Å². The predicted octanol–water partition coefficient (Wildman–Crippen LogP) is 4.33. The van der Waals surface area contributed by atoms with Gasteiger partial charge in [0.25, 0.3) is 0 Å². The monoisotopic (exact) mass is 347 g/mol. The summed E-state index contributed by atoms with van der Waals surface area (Å²) in [6, 6.07) is 11.2. The number of hydrogen-bond donors (Lipinski definition) is 2. The van der Waals surface area contributed by atoms with Crippen LogP contribution in [0, 0.1) is 0 Å². The van der Waals surface area contributed by atoms with Crippen LogP contribution in [0.5, 0.6) is 0 Å². The summed E-state index contributed by atoms with van der Waals surface area (Å²) in [5.41, 5.74) is 1.93. The lowest BCUT2D eigenvalue weighted by Gasteiger charge is -2.27. The summed E-state index contributed by atoms with van der Waals surface area (Å²) >= 11 is 7.90. The van der Waals surface area contributed by atoms with E-state index in [0.717, 1.165) is 23.4 Å². The number of thioether (sulfide) groups is 1. The first-order valence-corrected chi connectivity index (χ1v) is 8.90. The zero-order valence-corrected chi connectivity index (χ0v) is 14.3. The van der Waals surface area contributed by atoms with Crippen LogP contribution >= 0.6 is 23.4 Å². The number of carbonyl (C=O) groups excluding carboxylic acids is 1. The van der Waals surface area contributed by atoms with Gasteiger partial charge in [0.1, 0.15) is 0 Å². The molecular formula is C17H18ClN3OS. The largest absolute Gasteiger partial charge is 0.331 e. The molecule has 2 amide bonds. The summed E-state index contributed by atoms with van der Waals surface area (Å²) in [6.45, 7) is 1.92. The molecule has 2 heterocycles. The molecule has 0 saturated carbocycles. The summed E-state index contributed by atoms with van der Waals surface area (Å²) < 4.78 is 0. The Kier molecular flexibility index (Phi) is 5.08. The molecule has 2 atom stereocenters. The van der Waals surface area contributed by atoms with Crippen molar-refractivity contribution in [2.24, 2.45) is 0 Å². The number of hydrogen-bond acceptors (Lipinski definition) is 3. The number of aromatic nitrogens is 1. The molecule has 0 saturated heterocycles. The molecule has 0 radical (unpaired) electrons. The van der Waals surface area contributed by atoms with E-state index < -0.39 is 0 Å². The molecule has 0 fully saturated rings. The topological polar surface area (TPSA) is 54.0 Å². The third kappa shape index (κ3) is 3.98. The molecule has 120 valence electrons. The van der Waals surface area contributed by atoms with Crippen molar-refractivity contribution in [1.82, 2.24) is 15.6 Å². The molecular weight excluding hydrogens is 330 g/mol. The van der Waals surface area contributed by atoms with Crippen molar-refractivity contribution in [1.29, 1.82) is 0 Å². The zero-order valence-electron chi connectivity index (χ0n) is 12.8. The van der Waals surface area contributed by atoms with Gasteiger partial charge in [-0.2, -0.15) is 0 Å². The molecule has 6 heteroatoms. The fourth-order valence-corrected chi connectivity index (χ4v) is 3.90. The molecule has 0 unspecified atom stereocenters. The van der Waals surface area contributed by atoms with E-state index in [0.29, 0.717) is 5.02 Å². The number of rotatable bonds is 3. The van der Waals surface area contributed by atoms with Gasteiger partial charge in [0.2, 0.25) is 0 Å². The number of fused-ring (bicyclic) bond motifs is 1. The molecule has 2 aromatic rings. The molecule has 0 spiro atoms. The second kappa shape index (κ2) is 7.23. The molecule has 23 heavy (non-hydrogen) atoms. The first kappa shape index (κ1) is 16.1. The van der Waals surface area contributed by atoms with Crippen LogP contribution < -0.4 is 10.6 Å². The van der Waals surface area contributed by atoms with Gasteiger partial charge in [0.05, 0.1) is 17.8 Å². The molecule has 0 bridgehead atoms. The second-order valence-corrected chi connectivity index (χ2v) is 7.04. The van der Waals surface area contributed by atoms with Crippen molar-refractivity contribution in [3.8, 4) is 0 Å². The van der Waals surface area contributed by atoms with Crippen molar-refractivity contribution in [3.05, 3.63) is 58.9 Å². The minimum Gasteiger partial charge on any atom is -0.331 e. The smallest absolute Gasteiger partial charge is 0.315 e. The van der Waals surface area contributed by atoms with Gasteiger partial charge in [0, 0.05) is 21.9 Å². The van der Waals surface area contributed by atoms with Crippen LogP contribution in [0.3, 0.4) is 0 Å². The highest BCUT2D eigenvalue weighted by molar-refractivity contribution is 7.99. The van der Waals surface area contributed by atoms with Crippen LogP contribution in [-0.2, 0) is 0 Å². The van der Waals surface area contributed by atoms with Crippen LogP contribution in [0.25, 0.3) is 0 Å². The van der Waals surface area contributed by atoms with Crippen LogP contribution in [0.1, 0.15) is 36.7 Å². The third-order valence-electron chi connectivity index (χ3n) is 3.80. The molecule has 1 aromatic heterocycles. The van der Waals surface area contributed by atoms with Gasteiger partial charge in [-0.05, 0) is 49.2 Å². The van der Waals surface area contributed by atoms with E-state index in [1.807, 2.05) is 43.3 Å². The average molecular weight is 348 g/mol. The summed E-state index contributed by atoms with van der Waals surface area (Å²) in [4.78, 5) is 17.7. The van der Waals surface area contributed by atoms with E-state index in [9.17, 15) is 4.79 Å². The fraction of sp³-hybridized carbons (Fsp3) is 0.294. The van der Waals surface area contributed by atoms with Crippen molar-refractivity contribution in [2.75, 3.05) is 5.75 Å². The van der Waals surface area contributed by atoms with Crippen molar-refractivity contribution >= 4 is 29.4 Å². The first-order chi connectivity index (χ1) is 11.1. The van der Waals surface area contributed by atoms with Gasteiger partial charge in [-0.25, -0.2) is 4.79 Å². The van der Waals surface area contributed by atoms with E-state index in [4.69, 9.17) is 11.6 Å². The number of nitrogens with one attached hydrogen (secondary N) is 2. The molecule has 4 nitrogen and oxygen atoms in total. The summed E-state index contributed by atoms with van der Waals surface area (Å²) in [5, 5.41) is 6.68. The van der Waals surface area contributed by atoms with Crippen molar-refractivity contribution < 1.29 is 4.79 Å². The average Bonchev–Trinajstić information content (AvgIpc) is 2.56. The Bertz CT molecular complexity index is 695. The number of halogens is 1. The van der Waals surface area contributed by atoms with Crippen LogP contribution in [0.4, 0.5) is 4.79 Å². The van der Waals surface area contributed by atoms with Crippen LogP contribution in [0.15, 0.2) is 47.5 Å². The molecule has 1 aromatic carbocycles. The van der Waals surface area contributed by atoms with Crippen molar-refractivity contribution in [3.63, 3.8) is 0 Å². The van der Waals surface area contributed by atoms with E-state index in [1.165, 1.54) is 4.90 Å². The Morgan fingerprint density at radius 3 is 3.04 bits per heavy atom. The molecule has 1 aliphatic rings. The van der Waals surface area contributed by atoms with Crippen molar-refractivity contribution in [2.45, 2.75) is 30.3 Å². The summed E-state index contributed by atoms with van der Waals surface area (Å²) in [6.07, 6.45) is 2.62. The Labute approximate surface area is 145 Å². The molecule has 0 aliphatic carbocycles. The summed E-state index contributed by atoms with van der Waals surface area (Å²) in [5.74, 6) is 0.982. The van der Waals surface area contributed by atoms with E-state index in [-0.39, 0.29) is 18.1 Å². The maximum atomic E-state index is 12.3. The molecule has 1 aliphatic heterocycles. The van der Waals surface area contributed by atoms with Gasteiger partial charge >= 0.3 is 6.03 Å². The molecule has 2 N–H and O–H groups in total. The Morgan fingerprint density at radius 2 is 2.26 bits per heavy atom. The Balaban J connectivity index is 1.66. The predicted molar refractivity (Wildman–Crippen MR) is 93.9 cm³/mol. The highest BCUT2D eigenvalue weighted by Crippen LogP contribution is 2.37. The minimum atomic E-state index is -0.189. The van der Waals surface area contributed by atoms with Gasteiger partial charge in [-0.15, -0.1) is 11.8 Å².